The van der Waals surface area contributed by atoms with Gasteiger partial charge in [0.25, 0.3) is 0 Å². The fourth-order valence-electron chi connectivity index (χ4n) is 3.56. The van der Waals surface area contributed by atoms with E-state index in [0.29, 0.717) is 38.3 Å². The van der Waals surface area contributed by atoms with Crippen LogP contribution in [0.3, 0.4) is 0 Å². The molecule has 5 heteroatoms. The van der Waals surface area contributed by atoms with Gasteiger partial charge in [-0.2, -0.15) is 0 Å². The minimum atomic E-state index is -0.882. The van der Waals surface area contributed by atoms with E-state index in [1.807, 2.05) is 42.5 Å². The molecule has 0 saturated carbocycles. The van der Waals surface area contributed by atoms with Crippen molar-refractivity contribution in [2.24, 2.45) is 5.73 Å². The number of benzene rings is 2. The van der Waals surface area contributed by atoms with Gasteiger partial charge in [-0.05, 0) is 35.4 Å². The number of nitrogens with two attached hydrogens (primary N) is 1. The van der Waals surface area contributed by atoms with Crippen LogP contribution in [0.15, 0.2) is 54.6 Å². The van der Waals surface area contributed by atoms with Gasteiger partial charge in [-0.1, -0.05) is 68.4 Å². The number of carbonyl (C=O) groups is 2. The van der Waals surface area contributed by atoms with E-state index in [1.165, 1.54) is 5.56 Å². The van der Waals surface area contributed by atoms with Gasteiger partial charge >= 0.3 is 6.09 Å². The van der Waals surface area contributed by atoms with Crippen LogP contribution in [0.4, 0.5) is 4.79 Å². The first-order valence-electron chi connectivity index (χ1n) is 10.2. The van der Waals surface area contributed by atoms with Crippen LogP contribution in [0.5, 0.6) is 0 Å². The molecule has 0 aromatic heterocycles. The molecule has 0 aliphatic carbocycles. The number of rotatable bonds is 6. The Balaban J connectivity index is 1.50. The summed E-state index contributed by atoms with van der Waals surface area (Å²) in [4.78, 5) is 26.8. The first-order chi connectivity index (χ1) is 13.9. The van der Waals surface area contributed by atoms with Crippen LogP contribution in [-0.4, -0.2) is 35.4 Å². The number of ketones is 1. The largest absolute Gasteiger partial charge is 0.445 e. The lowest BCUT2D eigenvalue weighted by molar-refractivity contribution is -0.125. The molecule has 0 atom stereocenters. The molecular formula is C24H30N2O3. The second-order valence-corrected chi connectivity index (χ2v) is 8.18. The number of carbonyl (C=O) groups excluding carboxylic acids is 2. The van der Waals surface area contributed by atoms with Gasteiger partial charge in [0.2, 0.25) is 0 Å². The molecule has 1 fully saturated rings. The average molecular weight is 395 g/mol. The molecule has 2 aromatic rings. The number of hydrogen-bond acceptors (Lipinski definition) is 4. The van der Waals surface area contributed by atoms with Crippen molar-refractivity contribution in [1.82, 2.24) is 4.90 Å². The lowest BCUT2D eigenvalue weighted by Crippen LogP contribution is -2.57. The third-order valence-corrected chi connectivity index (χ3v) is 5.69. The van der Waals surface area contributed by atoms with E-state index in [-0.39, 0.29) is 18.5 Å². The molecule has 1 amide bonds. The monoisotopic (exact) mass is 394 g/mol. The Morgan fingerprint density at radius 3 is 2.21 bits per heavy atom. The van der Waals surface area contributed by atoms with Crippen molar-refractivity contribution in [1.29, 1.82) is 0 Å². The third kappa shape index (κ3) is 5.45. The Labute approximate surface area is 172 Å². The van der Waals surface area contributed by atoms with E-state index in [4.69, 9.17) is 10.5 Å². The Morgan fingerprint density at radius 2 is 1.62 bits per heavy atom. The van der Waals surface area contributed by atoms with E-state index in [9.17, 15) is 9.59 Å². The third-order valence-electron chi connectivity index (χ3n) is 5.69. The predicted molar refractivity (Wildman–Crippen MR) is 114 cm³/mol. The van der Waals surface area contributed by atoms with Crippen molar-refractivity contribution in [2.45, 2.75) is 51.2 Å². The standard InChI is InChI=1S/C24H30N2O3/c1-18(2)21-10-8-19(9-11-21)16-22(27)24(25)12-14-26(15-13-24)23(28)29-17-20-6-4-3-5-7-20/h3-11,18H,12-17,25H2,1-2H3. The molecule has 2 N–H and O–H groups in total. The molecule has 0 spiro atoms. The van der Waals surface area contributed by atoms with Gasteiger partial charge in [0.15, 0.2) is 5.78 Å². The van der Waals surface area contributed by atoms with E-state index in [2.05, 4.69) is 26.0 Å². The molecule has 29 heavy (non-hydrogen) atoms. The molecule has 2 aromatic carbocycles. The second kappa shape index (κ2) is 9.23. The fraction of sp³-hybridized carbons (Fsp3) is 0.417. The summed E-state index contributed by atoms with van der Waals surface area (Å²) >= 11 is 0. The topological polar surface area (TPSA) is 72.6 Å². The zero-order valence-electron chi connectivity index (χ0n) is 17.3. The van der Waals surface area contributed by atoms with Crippen LogP contribution in [0.1, 0.15) is 49.3 Å². The van der Waals surface area contributed by atoms with Crippen molar-refractivity contribution in [3.63, 3.8) is 0 Å². The number of amides is 1. The van der Waals surface area contributed by atoms with E-state index < -0.39 is 5.54 Å². The van der Waals surface area contributed by atoms with Crippen molar-refractivity contribution in [3.8, 4) is 0 Å². The van der Waals surface area contributed by atoms with Gasteiger partial charge in [-0.15, -0.1) is 0 Å². The summed E-state index contributed by atoms with van der Waals surface area (Å²) in [5.41, 5.74) is 8.73. The Morgan fingerprint density at radius 1 is 1.00 bits per heavy atom. The molecule has 1 saturated heterocycles. The summed E-state index contributed by atoms with van der Waals surface area (Å²) in [6, 6.07) is 17.7. The van der Waals surface area contributed by atoms with Crippen molar-refractivity contribution >= 4 is 11.9 Å². The predicted octanol–water partition coefficient (Wildman–Crippen LogP) is 4.05. The van der Waals surface area contributed by atoms with Crippen LogP contribution in [0.2, 0.25) is 0 Å². The molecule has 1 heterocycles. The second-order valence-electron chi connectivity index (χ2n) is 8.18. The molecule has 5 nitrogen and oxygen atoms in total. The minimum absolute atomic E-state index is 0.0344. The Bertz CT molecular complexity index is 823. The van der Waals surface area contributed by atoms with Gasteiger partial charge in [0.1, 0.15) is 6.61 Å². The van der Waals surface area contributed by atoms with Gasteiger partial charge in [-0.3, -0.25) is 4.79 Å². The highest BCUT2D eigenvalue weighted by atomic mass is 16.6. The Kier molecular flexibility index (Phi) is 6.70. The molecule has 154 valence electrons. The summed E-state index contributed by atoms with van der Waals surface area (Å²) in [6.07, 6.45) is 0.882. The van der Waals surface area contributed by atoms with Crippen molar-refractivity contribution in [3.05, 3.63) is 71.3 Å². The maximum absolute atomic E-state index is 12.8. The molecule has 1 aliphatic heterocycles. The SMILES string of the molecule is CC(C)c1ccc(CC(=O)C2(N)CCN(C(=O)OCc3ccccc3)CC2)cc1. The summed E-state index contributed by atoms with van der Waals surface area (Å²) < 4.78 is 5.38. The molecule has 3 rings (SSSR count). The van der Waals surface area contributed by atoms with Crippen LogP contribution in [0, 0.1) is 0 Å². The van der Waals surface area contributed by atoms with Crippen LogP contribution in [0.25, 0.3) is 0 Å². The lowest BCUT2D eigenvalue weighted by Gasteiger charge is -2.37. The molecule has 0 unspecified atom stereocenters. The quantitative estimate of drug-likeness (QED) is 0.802. The van der Waals surface area contributed by atoms with E-state index in [1.54, 1.807) is 4.90 Å². The highest BCUT2D eigenvalue weighted by Gasteiger charge is 2.38. The zero-order chi connectivity index (χ0) is 20.9. The van der Waals surface area contributed by atoms with Gasteiger partial charge in [0, 0.05) is 19.5 Å². The number of likely N-dealkylation sites (tertiary alicyclic amines) is 1. The summed E-state index contributed by atoms with van der Waals surface area (Å²) in [5, 5.41) is 0. The lowest BCUT2D eigenvalue weighted by atomic mass is 9.82. The fourth-order valence-corrected chi connectivity index (χ4v) is 3.56. The first-order valence-corrected chi connectivity index (χ1v) is 10.2. The maximum Gasteiger partial charge on any atom is 0.410 e. The molecule has 0 radical (unpaired) electrons. The highest BCUT2D eigenvalue weighted by molar-refractivity contribution is 5.90. The molecule has 1 aliphatic rings. The zero-order valence-corrected chi connectivity index (χ0v) is 17.3. The Hall–Kier alpha value is -2.66. The van der Waals surface area contributed by atoms with Crippen molar-refractivity contribution in [2.75, 3.05) is 13.1 Å². The van der Waals surface area contributed by atoms with Crippen molar-refractivity contribution < 1.29 is 14.3 Å². The maximum atomic E-state index is 12.8. The normalized spacial score (nSPS) is 15.9. The summed E-state index contributed by atoms with van der Waals surface area (Å²) in [5.74, 6) is 0.499. The average Bonchev–Trinajstić information content (AvgIpc) is 2.73. The summed E-state index contributed by atoms with van der Waals surface area (Å²) in [6.45, 7) is 5.40. The highest BCUT2D eigenvalue weighted by Crippen LogP contribution is 2.24. The van der Waals surface area contributed by atoms with Crippen LogP contribution < -0.4 is 5.73 Å². The number of Topliss-reactive ketones (excluding diaryl/α,β-unsaturated/α-hetero) is 1. The first kappa shape index (κ1) is 21.1. The van der Waals surface area contributed by atoms with Crippen LogP contribution in [-0.2, 0) is 22.6 Å². The smallest absolute Gasteiger partial charge is 0.410 e. The number of piperidine rings is 1. The number of ether oxygens (including phenoxy) is 1. The van der Waals surface area contributed by atoms with Gasteiger partial charge < -0.3 is 15.4 Å². The van der Waals surface area contributed by atoms with E-state index >= 15 is 0 Å². The number of nitrogens with zero attached hydrogens (tertiary/aromatic N) is 1. The van der Waals surface area contributed by atoms with Crippen LogP contribution >= 0.6 is 0 Å². The van der Waals surface area contributed by atoms with Gasteiger partial charge in [0.05, 0.1) is 5.54 Å². The molecule has 0 bridgehead atoms. The van der Waals surface area contributed by atoms with E-state index in [0.717, 1.165) is 11.1 Å². The number of hydrogen-bond donors (Lipinski definition) is 1. The minimum Gasteiger partial charge on any atom is -0.445 e. The summed E-state index contributed by atoms with van der Waals surface area (Å²) in [7, 11) is 0. The van der Waals surface area contributed by atoms with Gasteiger partial charge in [-0.25, -0.2) is 4.79 Å². The molecular weight excluding hydrogens is 364 g/mol.